The average Bonchev–Trinajstić information content (AvgIpc) is 3.16. The maximum Gasteiger partial charge on any atom is 0.315 e. The second-order valence-corrected chi connectivity index (χ2v) is 20.5. The molecule has 0 aromatic carbocycles. The molecule has 0 aromatic rings. The molecule has 57 heavy (non-hydrogen) atoms. The number of aliphatic hydroxyl groups excluding tert-OH is 9. The van der Waals surface area contributed by atoms with Crippen LogP contribution >= 0.6 is 0 Å². The third-order valence-corrected chi connectivity index (χ3v) is 17.1. The molecule has 2 aliphatic heterocycles. The van der Waals surface area contributed by atoms with Gasteiger partial charge in [0.2, 0.25) is 6.29 Å². The quantitative estimate of drug-likeness (QED) is 0.0734. The van der Waals surface area contributed by atoms with Crippen molar-refractivity contribution in [1.29, 1.82) is 0 Å². The summed E-state index contributed by atoms with van der Waals surface area (Å²) in [5, 5.41) is 94.6. The van der Waals surface area contributed by atoms with Gasteiger partial charge in [-0.15, -0.1) is 0 Å². The molecule has 324 valence electrons. The SMILES string of the molecule is CC1(C)CCC2(C(=O)OC3OC(CO)C(O)C(O)C3O)CCC3(C)C(=CCC4C5(C)CC(O)C(OC6OC(CO)C(O)C(O)C6O)C(C)(C=O)C5CCC43C)C2C1. The summed E-state index contributed by atoms with van der Waals surface area (Å²) in [6.07, 6.45) is -9.04. The van der Waals surface area contributed by atoms with Crippen molar-refractivity contribution in [2.45, 2.75) is 173 Å². The number of aldehydes is 1. The molecule has 0 bridgehead atoms. The molecule has 15 heteroatoms. The van der Waals surface area contributed by atoms with Crippen LogP contribution in [0.2, 0.25) is 0 Å². The zero-order chi connectivity index (χ0) is 41.8. The summed E-state index contributed by atoms with van der Waals surface area (Å²) in [6.45, 7) is 11.7. The van der Waals surface area contributed by atoms with Crippen molar-refractivity contribution in [2.24, 2.45) is 50.2 Å². The van der Waals surface area contributed by atoms with E-state index in [9.17, 15) is 55.5 Å². The number of allylic oxidation sites excluding steroid dienone is 2. The predicted molar refractivity (Wildman–Crippen MR) is 199 cm³/mol. The molecule has 0 amide bonds. The van der Waals surface area contributed by atoms with Crippen molar-refractivity contribution >= 4 is 12.3 Å². The number of carbonyl (C=O) groups is 2. The molecule has 9 N–H and O–H groups in total. The van der Waals surface area contributed by atoms with E-state index in [0.29, 0.717) is 32.1 Å². The molecule has 7 aliphatic rings. The first-order chi connectivity index (χ1) is 26.6. The Hall–Kier alpha value is -1.60. The topological polar surface area (TPSA) is 253 Å². The average molecular weight is 811 g/mol. The summed E-state index contributed by atoms with van der Waals surface area (Å²) < 4.78 is 23.4. The Morgan fingerprint density at radius 2 is 1.33 bits per heavy atom. The number of ether oxygens (including phenoxy) is 4. The standard InChI is InChI=1S/C42H66O15/c1-37(2)11-13-42(36(53)57-35-32(52)30(50)28(48)24(18-44)55-35)14-12-40(5)20(21(42)15-37)7-8-26-38(3)16-22(46)33(39(4,19-45)25(38)9-10-41(26,40)6)56-34-31(51)29(49)27(47)23(17-43)54-34/h7,19,21-35,43-44,46-52H,8-18H2,1-6H3. The van der Waals surface area contributed by atoms with Crippen LogP contribution in [0.3, 0.4) is 0 Å². The van der Waals surface area contributed by atoms with Crippen LogP contribution in [0.25, 0.3) is 0 Å². The Morgan fingerprint density at radius 1 is 0.754 bits per heavy atom. The minimum Gasteiger partial charge on any atom is -0.432 e. The third kappa shape index (κ3) is 6.35. The fraction of sp³-hybridized carbons (Fsp3) is 0.905. The minimum absolute atomic E-state index is 0.0183. The fourth-order valence-corrected chi connectivity index (χ4v) is 13.6. The first kappa shape index (κ1) is 43.5. The Kier molecular flexibility index (Phi) is 11.3. The lowest BCUT2D eigenvalue weighted by atomic mass is 9.33. The molecule has 20 atom stereocenters. The van der Waals surface area contributed by atoms with E-state index in [1.807, 2.05) is 0 Å². The van der Waals surface area contributed by atoms with Gasteiger partial charge in [-0.05, 0) is 97.2 Å². The van der Waals surface area contributed by atoms with Gasteiger partial charge in [0.1, 0.15) is 55.1 Å². The lowest BCUT2D eigenvalue weighted by Gasteiger charge is -2.71. The second-order valence-electron chi connectivity index (χ2n) is 20.5. The fourth-order valence-electron chi connectivity index (χ4n) is 13.6. The molecular formula is C42H66O15. The number of esters is 1. The Morgan fingerprint density at radius 3 is 1.93 bits per heavy atom. The molecule has 5 aliphatic carbocycles. The van der Waals surface area contributed by atoms with Crippen LogP contribution in [0.5, 0.6) is 0 Å². The Bertz CT molecular complexity index is 1570. The molecule has 7 rings (SSSR count). The van der Waals surface area contributed by atoms with Crippen molar-refractivity contribution < 1.29 is 74.5 Å². The van der Waals surface area contributed by atoms with Gasteiger partial charge in [-0.2, -0.15) is 0 Å². The number of fused-ring (bicyclic) bond motifs is 7. The van der Waals surface area contributed by atoms with Crippen LogP contribution in [0.15, 0.2) is 11.6 Å². The van der Waals surface area contributed by atoms with Gasteiger partial charge in [-0.3, -0.25) is 4.79 Å². The van der Waals surface area contributed by atoms with E-state index in [1.165, 1.54) is 5.57 Å². The smallest absolute Gasteiger partial charge is 0.315 e. The molecule has 6 fully saturated rings. The molecule has 20 unspecified atom stereocenters. The van der Waals surface area contributed by atoms with Crippen LogP contribution in [0.1, 0.15) is 99.3 Å². The maximum atomic E-state index is 14.6. The zero-order valence-electron chi connectivity index (χ0n) is 34.1. The zero-order valence-corrected chi connectivity index (χ0v) is 34.1. The van der Waals surface area contributed by atoms with E-state index in [2.05, 4.69) is 40.7 Å². The van der Waals surface area contributed by atoms with Gasteiger partial charge < -0.3 is 69.7 Å². The number of rotatable bonds is 7. The summed E-state index contributed by atoms with van der Waals surface area (Å²) in [5.74, 6) is -0.956. The van der Waals surface area contributed by atoms with Crippen LogP contribution < -0.4 is 0 Å². The highest BCUT2D eigenvalue weighted by atomic mass is 16.7. The molecule has 0 aromatic heterocycles. The predicted octanol–water partition coefficient (Wildman–Crippen LogP) is 0.466. The van der Waals surface area contributed by atoms with Crippen LogP contribution in [-0.4, -0.2) is 145 Å². The molecule has 0 spiro atoms. The normalized spacial score (nSPS) is 54.6. The van der Waals surface area contributed by atoms with Crippen LogP contribution in [-0.2, 0) is 28.5 Å². The summed E-state index contributed by atoms with van der Waals surface area (Å²) >= 11 is 0. The third-order valence-electron chi connectivity index (χ3n) is 17.1. The molecule has 15 nitrogen and oxygen atoms in total. The number of hydrogen-bond donors (Lipinski definition) is 9. The van der Waals surface area contributed by atoms with Gasteiger partial charge in [0.05, 0.1) is 36.3 Å². The van der Waals surface area contributed by atoms with E-state index < -0.39 is 109 Å². The lowest BCUT2D eigenvalue weighted by molar-refractivity contribution is -0.338. The largest absolute Gasteiger partial charge is 0.432 e. The van der Waals surface area contributed by atoms with Crippen molar-refractivity contribution in [1.82, 2.24) is 0 Å². The highest BCUT2D eigenvalue weighted by Crippen LogP contribution is 2.76. The summed E-state index contributed by atoms with van der Waals surface area (Å²) in [5.41, 5.74) is -2.30. The van der Waals surface area contributed by atoms with Crippen molar-refractivity contribution in [3.8, 4) is 0 Å². The van der Waals surface area contributed by atoms with E-state index in [1.54, 1.807) is 6.92 Å². The first-order valence-electron chi connectivity index (χ1n) is 20.9. The van der Waals surface area contributed by atoms with Crippen molar-refractivity contribution in [3.05, 3.63) is 11.6 Å². The molecule has 2 heterocycles. The van der Waals surface area contributed by atoms with Gasteiger partial charge in [0.15, 0.2) is 6.29 Å². The minimum atomic E-state index is -1.70. The van der Waals surface area contributed by atoms with E-state index in [4.69, 9.17) is 18.9 Å². The van der Waals surface area contributed by atoms with Crippen LogP contribution in [0.4, 0.5) is 0 Å². The van der Waals surface area contributed by atoms with Crippen LogP contribution in [0, 0.1) is 50.2 Å². The van der Waals surface area contributed by atoms with Gasteiger partial charge >= 0.3 is 5.97 Å². The van der Waals surface area contributed by atoms with Gasteiger partial charge in [0, 0.05) is 0 Å². The highest BCUT2D eigenvalue weighted by molar-refractivity contribution is 5.79. The van der Waals surface area contributed by atoms with Gasteiger partial charge in [0.25, 0.3) is 0 Å². The summed E-state index contributed by atoms with van der Waals surface area (Å²) in [6, 6.07) is 0. The molecule has 4 saturated carbocycles. The van der Waals surface area contributed by atoms with Gasteiger partial charge in [-0.25, -0.2) is 0 Å². The van der Waals surface area contributed by atoms with Crippen molar-refractivity contribution in [2.75, 3.05) is 13.2 Å². The Labute approximate surface area is 334 Å². The van der Waals surface area contributed by atoms with E-state index >= 15 is 0 Å². The van der Waals surface area contributed by atoms with E-state index in [-0.39, 0.29) is 40.4 Å². The summed E-state index contributed by atoms with van der Waals surface area (Å²) in [7, 11) is 0. The summed E-state index contributed by atoms with van der Waals surface area (Å²) in [4.78, 5) is 27.9. The Balaban J connectivity index is 1.19. The molecular weight excluding hydrogens is 744 g/mol. The maximum absolute atomic E-state index is 14.6. The molecule has 2 saturated heterocycles. The molecule has 0 radical (unpaired) electrons. The van der Waals surface area contributed by atoms with E-state index in [0.717, 1.165) is 25.5 Å². The van der Waals surface area contributed by atoms with Crippen molar-refractivity contribution in [3.63, 3.8) is 0 Å². The number of hydrogen-bond acceptors (Lipinski definition) is 15. The first-order valence-corrected chi connectivity index (χ1v) is 20.9. The second kappa shape index (κ2) is 14.8. The lowest BCUT2D eigenvalue weighted by Crippen LogP contribution is -2.69. The highest BCUT2D eigenvalue weighted by Gasteiger charge is 2.71. The monoisotopic (exact) mass is 810 g/mol. The number of carbonyl (C=O) groups excluding carboxylic acids is 2. The number of aliphatic hydroxyl groups is 9. The van der Waals surface area contributed by atoms with Gasteiger partial charge in [-0.1, -0.05) is 53.2 Å².